The van der Waals surface area contributed by atoms with Gasteiger partial charge in [0.1, 0.15) is 28.6 Å². The molecular formula is C21H26O5. The van der Waals surface area contributed by atoms with Crippen molar-refractivity contribution >= 4 is 5.78 Å². The second-order valence-corrected chi connectivity index (χ2v) is 7.10. The Balaban J connectivity index is 2.20. The predicted molar refractivity (Wildman–Crippen MR) is 100 cm³/mol. The Morgan fingerprint density at radius 1 is 0.962 bits per heavy atom. The molecular weight excluding hydrogens is 332 g/mol. The lowest BCUT2D eigenvalue weighted by Gasteiger charge is -2.21. The minimum Gasteiger partial charge on any atom is -0.507 e. The van der Waals surface area contributed by atoms with Gasteiger partial charge >= 0.3 is 0 Å². The van der Waals surface area contributed by atoms with Crippen molar-refractivity contribution in [3.63, 3.8) is 0 Å². The first-order valence-corrected chi connectivity index (χ1v) is 8.74. The van der Waals surface area contributed by atoms with Crippen molar-refractivity contribution in [3.8, 4) is 23.0 Å². The molecule has 5 nitrogen and oxygen atoms in total. The van der Waals surface area contributed by atoms with Crippen LogP contribution in [0.3, 0.4) is 0 Å². The molecule has 0 aliphatic rings. The summed E-state index contributed by atoms with van der Waals surface area (Å²) in [4.78, 5) is 12.7. The van der Waals surface area contributed by atoms with Crippen LogP contribution < -0.4 is 9.47 Å². The minimum atomic E-state index is -0.470. The topological polar surface area (TPSA) is 76.0 Å². The Kier molecular flexibility index (Phi) is 6.14. The first kappa shape index (κ1) is 19.6. The number of aromatic hydroxyl groups is 2. The van der Waals surface area contributed by atoms with Gasteiger partial charge in [0, 0.05) is 12.1 Å². The summed E-state index contributed by atoms with van der Waals surface area (Å²) >= 11 is 0. The molecule has 0 atom stereocenters. The number of ether oxygens (including phenoxy) is 2. The van der Waals surface area contributed by atoms with E-state index in [1.165, 1.54) is 24.3 Å². The number of carbonyl (C=O) groups is 1. The number of hydrogen-bond donors (Lipinski definition) is 2. The molecule has 0 aliphatic heterocycles. The van der Waals surface area contributed by atoms with Crippen LogP contribution in [0.1, 0.15) is 56.5 Å². The molecule has 0 saturated carbocycles. The van der Waals surface area contributed by atoms with E-state index in [1.807, 2.05) is 20.8 Å². The van der Waals surface area contributed by atoms with Gasteiger partial charge in [0.25, 0.3) is 0 Å². The molecule has 0 bridgehead atoms. The van der Waals surface area contributed by atoms with E-state index in [1.54, 1.807) is 12.1 Å². The highest BCUT2D eigenvalue weighted by Crippen LogP contribution is 2.31. The summed E-state index contributed by atoms with van der Waals surface area (Å²) < 4.78 is 11.2. The average molecular weight is 358 g/mol. The van der Waals surface area contributed by atoms with Crippen LogP contribution in [0, 0.1) is 0 Å². The van der Waals surface area contributed by atoms with Crippen LogP contribution in [0.4, 0.5) is 0 Å². The second kappa shape index (κ2) is 8.13. The van der Waals surface area contributed by atoms with E-state index >= 15 is 0 Å². The van der Waals surface area contributed by atoms with Crippen molar-refractivity contribution in [2.24, 2.45) is 0 Å². The summed E-state index contributed by atoms with van der Waals surface area (Å²) in [5, 5.41) is 20.4. The second-order valence-electron chi connectivity index (χ2n) is 7.10. The van der Waals surface area contributed by atoms with Crippen molar-refractivity contribution in [1.82, 2.24) is 0 Å². The van der Waals surface area contributed by atoms with E-state index in [0.717, 1.165) is 12.8 Å². The smallest absolute Gasteiger partial charge is 0.200 e. The molecule has 2 aromatic carbocycles. The van der Waals surface area contributed by atoms with E-state index in [-0.39, 0.29) is 22.6 Å². The van der Waals surface area contributed by atoms with Crippen molar-refractivity contribution < 1.29 is 24.5 Å². The van der Waals surface area contributed by atoms with Crippen molar-refractivity contribution in [3.05, 3.63) is 47.5 Å². The summed E-state index contributed by atoms with van der Waals surface area (Å²) in [6.45, 7) is 8.30. The fourth-order valence-corrected chi connectivity index (χ4v) is 2.39. The van der Waals surface area contributed by atoms with E-state index in [4.69, 9.17) is 9.47 Å². The van der Waals surface area contributed by atoms with Gasteiger partial charge in [-0.15, -0.1) is 0 Å². The molecule has 26 heavy (non-hydrogen) atoms. The lowest BCUT2D eigenvalue weighted by Crippen LogP contribution is -2.22. The Labute approximate surface area is 154 Å². The van der Waals surface area contributed by atoms with Gasteiger partial charge in [-0.2, -0.15) is 0 Å². The van der Waals surface area contributed by atoms with Gasteiger partial charge in [-0.1, -0.05) is 13.3 Å². The van der Waals surface area contributed by atoms with Gasteiger partial charge in [-0.05, 0) is 51.5 Å². The molecule has 0 heterocycles. The van der Waals surface area contributed by atoms with E-state index < -0.39 is 11.4 Å². The fraction of sp³-hybridized carbons (Fsp3) is 0.381. The third kappa shape index (κ3) is 5.15. The Bertz CT molecular complexity index is 774. The number of unbranched alkanes of at least 4 members (excludes halogenated alkanes) is 1. The zero-order valence-electron chi connectivity index (χ0n) is 15.7. The number of rotatable bonds is 7. The lowest BCUT2D eigenvalue weighted by molar-refractivity contribution is 0.103. The van der Waals surface area contributed by atoms with Gasteiger partial charge in [-0.3, -0.25) is 4.79 Å². The highest BCUT2D eigenvalue weighted by atomic mass is 16.5. The largest absolute Gasteiger partial charge is 0.507 e. The third-order valence-electron chi connectivity index (χ3n) is 3.62. The molecule has 0 fully saturated rings. The highest BCUT2D eigenvalue weighted by Gasteiger charge is 2.19. The lowest BCUT2D eigenvalue weighted by atomic mass is 10.0. The third-order valence-corrected chi connectivity index (χ3v) is 3.62. The Morgan fingerprint density at radius 3 is 2.00 bits per heavy atom. The van der Waals surface area contributed by atoms with E-state index in [9.17, 15) is 15.0 Å². The maximum atomic E-state index is 12.7. The summed E-state index contributed by atoms with van der Waals surface area (Å²) in [6, 6.07) is 9.06. The zero-order valence-corrected chi connectivity index (χ0v) is 15.7. The molecule has 5 heteroatoms. The molecule has 2 aromatic rings. The van der Waals surface area contributed by atoms with Crippen molar-refractivity contribution in [2.75, 3.05) is 6.61 Å². The SMILES string of the molecule is CCCCOc1ccc(C(=O)c2ccc(OC(C)(C)C)cc2O)c(O)c1. The van der Waals surface area contributed by atoms with Gasteiger partial charge < -0.3 is 19.7 Å². The zero-order chi connectivity index (χ0) is 19.3. The molecule has 140 valence electrons. The van der Waals surface area contributed by atoms with Crippen LogP contribution >= 0.6 is 0 Å². The molecule has 0 unspecified atom stereocenters. The maximum Gasteiger partial charge on any atom is 0.200 e. The van der Waals surface area contributed by atoms with Crippen LogP contribution in [0.25, 0.3) is 0 Å². The Hall–Kier alpha value is -2.69. The molecule has 0 aliphatic carbocycles. The van der Waals surface area contributed by atoms with Gasteiger partial charge in [-0.25, -0.2) is 0 Å². The van der Waals surface area contributed by atoms with Crippen LogP contribution in [0.15, 0.2) is 36.4 Å². The van der Waals surface area contributed by atoms with Gasteiger partial charge in [0.15, 0.2) is 5.78 Å². The van der Waals surface area contributed by atoms with Crippen LogP contribution in [0.2, 0.25) is 0 Å². The number of hydrogen-bond acceptors (Lipinski definition) is 5. The van der Waals surface area contributed by atoms with Crippen molar-refractivity contribution in [1.29, 1.82) is 0 Å². The maximum absolute atomic E-state index is 12.7. The van der Waals surface area contributed by atoms with Gasteiger partial charge in [0.2, 0.25) is 0 Å². The van der Waals surface area contributed by atoms with Crippen LogP contribution in [0.5, 0.6) is 23.0 Å². The predicted octanol–water partition coefficient (Wildman–Crippen LogP) is 4.69. The summed E-state index contributed by atoms with van der Waals surface area (Å²) in [5.41, 5.74) is -0.210. The quantitative estimate of drug-likeness (QED) is 0.555. The van der Waals surface area contributed by atoms with Crippen molar-refractivity contribution in [2.45, 2.75) is 46.1 Å². The number of carbonyl (C=O) groups excluding carboxylic acids is 1. The summed E-state index contributed by atoms with van der Waals surface area (Å²) in [7, 11) is 0. The molecule has 0 saturated heterocycles. The number of phenolic OH excluding ortho intramolecular Hbond substituents is 2. The first-order valence-electron chi connectivity index (χ1n) is 8.74. The molecule has 2 N–H and O–H groups in total. The summed E-state index contributed by atoms with van der Waals surface area (Å²) in [5.74, 6) is 0.126. The average Bonchev–Trinajstić information content (AvgIpc) is 2.53. The number of phenols is 2. The summed E-state index contributed by atoms with van der Waals surface area (Å²) in [6.07, 6.45) is 1.93. The molecule has 0 amide bonds. The monoisotopic (exact) mass is 358 g/mol. The highest BCUT2D eigenvalue weighted by molar-refractivity contribution is 6.12. The molecule has 0 aromatic heterocycles. The molecule has 0 radical (unpaired) electrons. The number of ketones is 1. The first-order chi connectivity index (χ1) is 12.2. The van der Waals surface area contributed by atoms with Gasteiger partial charge in [0.05, 0.1) is 17.7 Å². The van der Waals surface area contributed by atoms with E-state index in [2.05, 4.69) is 6.92 Å². The molecule has 0 spiro atoms. The standard InChI is InChI=1S/C21H26O5/c1-5-6-11-25-14-7-9-16(18(22)12-14)20(24)17-10-8-15(13-19(17)23)26-21(2,3)4/h7-10,12-13,22-23H,5-6,11H2,1-4H3. The van der Waals surface area contributed by atoms with Crippen LogP contribution in [-0.4, -0.2) is 28.2 Å². The normalized spacial score (nSPS) is 11.2. The Morgan fingerprint density at radius 2 is 1.50 bits per heavy atom. The number of benzene rings is 2. The fourth-order valence-electron chi connectivity index (χ4n) is 2.39. The minimum absolute atomic E-state index is 0.0983. The molecule has 2 rings (SSSR count). The van der Waals surface area contributed by atoms with E-state index in [0.29, 0.717) is 18.1 Å². The van der Waals surface area contributed by atoms with Crippen LogP contribution in [-0.2, 0) is 0 Å².